The molecule has 0 saturated heterocycles. The first-order valence-electron chi connectivity index (χ1n) is 10.0. The van der Waals surface area contributed by atoms with Crippen LogP contribution in [0.15, 0.2) is 53.7 Å². The largest absolute Gasteiger partial charge is 0.390 e. The minimum atomic E-state index is -0.286. The summed E-state index contributed by atoms with van der Waals surface area (Å²) in [4.78, 5) is 22.2. The van der Waals surface area contributed by atoms with E-state index in [2.05, 4.69) is 5.16 Å². The lowest BCUT2D eigenvalue weighted by atomic mass is 10.0. The summed E-state index contributed by atoms with van der Waals surface area (Å²) in [5.41, 5.74) is 3.55. The van der Waals surface area contributed by atoms with Crippen molar-refractivity contribution in [3.8, 4) is 0 Å². The zero-order valence-electron chi connectivity index (χ0n) is 16.8. The fraction of sp³-hybridized carbons (Fsp3) is 0.391. The van der Waals surface area contributed by atoms with Gasteiger partial charge in [0.1, 0.15) is 5.82 Å². The molecule has 4 rings (SSSR count). The molecule has 2 aromatic carbocycles. The third-order valence-corrected chi connectivity index (χ3v) is 5.43. The molecule has 2 aromatic rings. The molecule has 1 aliphatic heterocycles. The summed E-state index contributed by atoms with van der Waals surface area (Å²) in [5.74, 6) is -0.130. The number of amides is 1. The first-order chi connectivity index (χ1) is 14.0. The minimum Gasteiger partial charge on any atom is -0.390 e. The second-order valence-corrected chi connectivity index (χ2v) is 8.00. The molecule has 0 radical (unpaired) electrons. The number of hydrogen-bond acceptors (Lipinski definition) is 4. The second kappa shape index (κ2) is 8.23. The van der Waals surface area contributed by atoms with E-state index in [0.29, 0.717) is 18.5 Å². The molecule has 5 nitrogen and oxygen atoms in total. The van der Waals surface area contributed by atoms with E-state index in [-0.39, 0.29) is 30.3 Å². The van der Waals surface area contributed by atoms with Crippen molar-refractivity contribution >= 4 is 17.3 Å². The van der Waals surface area contributed by atoms with Crippen LogP contribution in [0.5, 0.6) is 0 Å². The Morgan fingerprint density at radius 3 is 2.52 bits per heavy atom. The average molecular weight is 395 g/mol. The Balaban J connectivity index is 1.42. The van der Waals surface area contributed by atoms with Crippen LogP contribution in [0, 0.1) is 11.7 Å². The first-order valence-corrected chi connectivity index (χ1v) is 10.0. The number of benzene rings is 2. The van der Waals surface area contributed by atoms with Gasteiger partial charge in [-0.1, -0.05) is 35.5 Å². The van der Waals surface area contributed by atoms with E-state index in [4.69, 9.17) is 4.84 Å². The second-order valence-electron chi connectivity index (χ2n) is 8.00. The number of carbonyl (C=O) groups excluding carboxylic acids is 1. The third-order valence-electron chi connectivity index (χ3n) is 5.43. The smallest absolute Gasteiger partial charge is 0.226 e. The van der Waals surface area contributed by atoms with E-state index >= 15 is 0 Å². The molecule has 1 amide bonds. The monoisotopic (exact) mass is 395 g/mol. The molecule has 2 aliphatic rings. The van der Waals surface area contributed by atoms with Crippen LogP contribution in [-0.4, -0.2) is 43.3 Å². The predicted molar refractivity (Wildman–Crippen MR) is 111 cm³/mol. The number of halogens is 1. The molecule has 0 bridgehead atoms. The third kappa shape index (κ3) is 4.58. The number of nitrogens with zero attached hydrogens (tertiary/aromatic N) is 3. The van der Waals surface area contributed by atoms with Gasteiger partial charge < -0.3 is 14.6 Å². The van der Waals surface area contributed by atoms with Crippen molar-refractivity contribution < 1.29 is 14.0 Å². The topological polar surface area (TPSA) is 45.1 Å². The highest BCUT2D eigenvalue weighted by atomic mass is 19.1. The van der Waals surface area contributed by atoms with Crippen LogP contribution in [0.1, 0.15) is 30.4 Å². The number of carbonyl (C=O) groups is 1. The van der Waals surface area contributed by atoms with Crippen LogP contribution in [0.4, 0.5) is 10.1 Å². The predicted octanol–water partition coefficient (Wildman–Crippen LogP) is 3.82. The first kappa shape index (κ1) is 19.4. The van der Waals surface area contributed by atoms with E-state index in [1.54, 1.807) is 23.1 Å². The molecule has 1 aliphatic carbocycles. The van der Waals surface area contributed by atoms with E-state index in [1.165, 1.54) is 6.07 Å². The van der Waals surface area contributed by atoms with Gasteiger partial charge in [0.25, 0.3) is 0 Å². The summed E-state index contributed by atoms with van der Waals surface area (Å²) in [5, 5.41) is 4.25. The highest BCUT2D eigenvalue weighted by molar-refractivity contribution is 6.01. The average Bonchev–Trinajstić information content (AvgIpc) is 3.47. The van der Waals surface area contributed by atoms with Crippen LogP contribution in [0.25, 0.3) is 0 Å². The fourth-order valence-electron chi connectivity index (χ4n) is 3.55. The standard InChI is InChI=1S/C23H26FN3O2/c1-26(2)19-11-9-16(10-12-19)22-13-20(29-25-22)15-27(23(28)17-7-8-17)14-18-5-3-4-6-21(18)24/h3-6,9-12,17,20H,7-8,13-15H2,1-2H3. The summed E-state index contributed by atoms with van der Waals surface area (Å²) < 4.78 is 14.1. The van der Waals surface area contributed by atoms with Gasteiger partial charge in [-0.15, -0.1) is 0 Å². The number of anilines is 1. The molecule has 0 N–H and O–H groups in total. The van der Waals surface area contributed by atoms with Crippen LogP contribution in [0.3, 0.4) is 0 Å². The Hall–Kier alpha value is -2.89. The number of rotatable bonds is 7. The molecule has 6 heteroatoms. The molecule has 1 unspecified atom stereocenters. The maximum absolute atomic E-state index is 14.1. The Kier molecular flexibility index (Phi) is 5.51. The Bertz CT molecular complexity index is 907. The van der Waals surface area contributed by atoms with E-state index in [1.807, 2.05) is 43.3 Å². The quantitative estimate of drug-likeness (QED) is 0.716. The lowest BCUT2D eigenvalue weighted by molar-refractivity contribution is -0.135. The van der Waals surface area contributed by atoms with Crippen molar-refractivity contribution in [2.24, 2.45) is 11.1 Å². The van der Waals surface area contributed by atoms with Gasteiger partial charge in [-0.2, -0.15) is 0 Å². The van der Waals surface area contributed by atoms with Gasteiger partial charge in [-0.25, -0.2) is 4.39 Å². The van der Waals surface area contributed by atoms with Gasteiger partial charge in [-0.3, -0.25) is 4.79 Å². The zero-order chi connectivity index (χ0) is 20.4. The van der Waals surface area contributed by atoms with E-state index in [0.717, 1.165) is 29.8 Å². The van der Waals surface area contributed by atoms with Crippen molar-refractivity contribution in [1.29, 1.82) is 0 Å². The Labute approximate surface area is 170 Å². The van der Waals surface area contributed by atoms with Gasteiger partial charge in [0, 0.05) is 44.2 Å². The van der Waals surface area contributed by atoms with Crippen molar-refractivity contribution in [2.45, 2.75) is 31.9 Å². The molecule has 1 atom stereocenters. The molecular weight excluding hydrogens is 369 g/mol. The highest BCUT2D eigenvalue weighted by Crippen LogP contribution is 2.32. The molecule has 1 saturated carbocycles. The van der Waals surface area contributed by atoms with Crippen molar-refractivity contribution in [3.63, 3.8) is 0 Å². The maximum atomic E-state index is 14.1. The normalized spacial score (nSPS) is 18.2. The van der Waals surface area contributed by atoms with Crippen molar-refractivity contribution in [3.05, 3.63) is 65.5 Å². The lowest BCUT2D eigenvalue weighted by Gasteiger charge is -2.25. The molecule has 1 heterocycles. The molecule has 29 heavy (non-hydrogen) atoms. The Morgan fingerprint density at radius 2 is 1.86 bits per heavy atom. The minimum absolute atomic E-state index is 0.0714. The molecule has 152 valence electrons. The summed E-state index contributed by atoms with van der Waals surface area (Å²) in [6.45, 7) is 0.668. The number of oxime groups is 1. The summed E-state index contributed by atoms with van der Waals surface area (Å²) in [6, 6.07) is 14.8. The van der Waals surface area contributed by atoms with Crippen LogP contribution < -0.4 is 4.90 Å². The van der Waals surface area contributed by atoms with E-state index < -0.39 is 0 Å². The van der Waals surface area contributed by atoms with Gasteiger partial charge in [0.2, 0.25) is 5.91 Å². The van der Waals surface area contributed by atoms with Gasteiger partial charge in [0.05, 0.1) is 12.3 Å². The molecular formula is C23H26FN3O2. The van der Waals surface area contributed by atoms with Crippen LogP contribution >= 0.6 is 0 Å². The van der Waals surface area contributed by atoms with Crippen LogP contribution in [-0.2, 0) is 16.2 Å². The number of hydrogen-bond donors (Lipinski definition) is 0. The maximum Gasteiger partial charge on any atom is 0.226 e. The van der Waals surface area contributed by atoms with Gasteiger partial charge in [0.15, 0.2) is 6.10 Å². The van der Waals surface area contributed by atoms with Crippen LogP contribution in [0.2, 0.25) is 0 Å². The Morgan fingerprint density at radius 1 is 1.14 bits per heavy atom. The lowest BCUT2D eigenvalue weighted by Crippen LogP contribution is -2.38. The SMILES string of the molecule is CN(C)c1ccc(C2=NOC(CN(Cc3ccccc3F)C(=O)C3CC3)C2)cc1. The van der Waals surface area contributed by atoms with Gasteiger partial charge >= 0.3 is 0 Å². The summed E-state index contributed by atoms with van der Waals surface area (Å²) >= 11 is 0. The zero-order valence-corrected chi connectivity index (χ0v) is 16.8. The van der Waals surface area contributed by atoms with Crippen molar-refractivity contribution in [2.75, 3.05) is 25.5 Å². The van der Waals surface area contributed by atoms with Gasteiger partial charge in [-0.05, 0) is 36.6 Å². The van der Waals surface area contributed by atoms with E-state index in [9.17, 15) is 9.18 Å². The summed E-state index contributed by atoms with van der Waals surface area (Å²) in [6.07, 6.45) is 2.25. The molecule has 1 fully saturated rings. The highest BCUT2D eigenvalue weighted by Gasteiger charge is 2.36. The fourth-order valence-corrected chi connectivity index (χ4v) is 3.55. The molecule has 0 aromatic heterocycles. The van der Waals surface area contributed by atoms with Crippen molar-refractivity contribution in [1.82, 2.24) is 4.90 Å². The molecule has 0 spiro atoms. The summed E-state index contributed by atoms with van der Waals surface area (Å²) in [7, 11) is 4.00.